The van der Waals surface area contributed by atoms with E-state index >= 15 is 0 Å². The molecule has 2 amide bonds. The Morgan fingerprint density at radius 1 is 0.939 bits per heavy atom. The fourth-order valence-corrected chi connectivity index (χ4v) is 4.41. The van der Waals surface area contributed by atoms with E-state index in [4.69, 9.17) is 9.47 Å². The van der Waals surface area contributed by atoms with Crippen LogP contribution in [0.4, 0.5) is 5.69 Å². The molecule has 3 aromatic carbocycles. The fourth-order valence-electron chi connectivity index (χ4n) is 4.41. The van der Waals surface area contributed by atoms with Crippen molar-refractivity contribution in [1.82, 2.24) is 5.32 Å². The van der Waals surface area contributed by atoms with Gasteiger partial charge in [0.25, 0.3) is 0 Å². The van der Waals surface area contributed by atoms with Gasteiger partial charge in [-0.05, 0) is 42.3 Å². The molecule has 170 valence electrons. The Labute approximate surface area is 194 Å². The smallest absolute Gasteiger partial charge is 0.227 e. The zero-order valence-electron chi connectivity index (χ0n) is 18.9. The number of amides is 2. The number of para-hydroxylation sites is 1. The summed E-state index contributed by atoms with van der Waals surface area (Å²) in [4.78, 5) is 28.3. The van der Waals surface area contributed by atoms with Gasteiger partial charge in [-0.3, -0.25) is 9.59 Å². The van der Waals surface area contributed by atoms with Gasteiger partial charge in [0.1, 0.15) is 11.5 Å². The average molecular weight is 445 g/mol. The summed E-state index contributed by atoms with van der Waals surface area (Å²) in [5.74, 6) is 0.979. The Morgan fingerprint density at radius 3 is 2.33 bits per heavy atom. The van der Waals surface area contributed by atoms with E-state index in [0.717, 1.165) is 22.6 Å². The second-order valence-corrected chi connectivity index (χ2v) is 7.99. The SMILES string of the molecule is COc1ccc(N2C(=O)CC[C@@H](C(=O)NCc3ccccc3OC)[C@H]2c2ccccc2)cc1. The number of carbonyl (C=O) groups is 2. The first-order chi connectivity index (χ1) is 16.1. The third-order valence-electron chi connectivity index (χ3n) is 6.07. The van der Waals surface area contributed by atoms with E-state index in [1.807, 2.05) is 78.9 Å². The van der Waals surface area contributed by atoms with Crippen molar-refractivity contribution in [2.75, 3.05) is 19.1 Å². The summed E-state index contributed by atoms with van der Waals surface area (Å²) in [6, 6.07) is 24.4. The largest absolute Gasteiger partial charge is 0.497 e. The molecule has 2 atom stereocenters. The molecule has 0 spiro atoms. The molecule has 33 heavy (non-hydrogen) atoms. The summed E-state index contributed by atoms with van der Waals surface area (Å²) in [5.41, 5.74) is 2.58. The number of ether oxygens (including phenoxy) is 2. The topological polar surface area (TPSA) is 67.9 Å². The summed E-state index contributed by atoms with van der Waals surface area (Å²) in [7, 11) is 3.22. The van der Waals surface area contributed by atoms with Crippen LogP contribution in [0.15, 0.2) is 78.9 Å². The van der Waals surface area contributed by atoms with Crippen molar-refractivity contribution in [1.29, 1.82) is 0 Å². The van der Waals surface area contributed by atoms with Crippen molar-refractivity contribution < 1.29 is 19.1 Å². The van der Waals surface area contributed by atoms with Gasteiger partial charge in [-0.1, -0.05) is 48.5 Å². The standard InChI is InChI=1S/C27H28N2O4/c1-32-22-14-12-21(13-15-22)29-25(30)17-16-23(26(29)19-8-4-3-5-9-19)27(31)28-18-20-10-6-7-11-24(20)33-2/h3-15,23,26H,16-18H2,1-2H3,(H,28,31)/t23-,26-/m1/s1. The third kappa shape index (κ3) is 4.85. The molecule has 0 radical (unpaired) electrons. The molecule has 0 aromatic heterocycles. The lowest BCUT2D eigenvalue weighted by Crippen LogP contribution is -2.48. The molecular weight excluding hydrogens is 416 g/mol. The van der Waals surface area contributed by atoms with E-state index in [9.17, 15) is 9.59 Å². The number of nitrogens with zero attached hydrogens (tertiary/aromatic N) is 1. The minimum Gasteiger partial charge on any atom is -0.497 e. The van der Waals surface area contributed by atoms with Crippen molar-refractivity contribution in [3.05, 3.63) is 90.0 Å². The van der Waals surface area contributed by atoms with E-state index in [2.05, 4.69) is 5.32 Å². The summed E-state index contributed by atoms with van der Waals surface area (Å²) in [5, 5.41) is 3.07. The number of carbonyl (C=O) groups excluding carboxylic acids is 2. The molecule has 1 fully saturated rings. The lowest BCUT2D eigenvalue weighted by Gasteiger charge is -2.41. The predicted octanol–water partition coefficient (Wildman–Crippen LogP) is 4.50. The van der Waals surface area contributed by atoms with Gasteiger partial charge in [0, 0.05) is 24.2 Å². The van der Waals surface area contributed by atoms with Crippen LogP contribution in [0.2, 0.25) is 0 Å². The number of hydrogen-bond donors (Lipinski definition) is 1. The fraction of sp³-hybridized carbons (Fsp3) is 0.259. The normalized spacial score (nSPS) is 18.0. The molecule has 0 aliphatic carbocycles. The second-order valence-electron chi connectivity index (χ2n) is 7.99. The lowest BCUT2D eigenvalue weighted by molar-refractivity contribution is -0.129. The number of rotatable bonds is 7. The zero-order valence-corrected chi connectivity index (χ0v) is 18.9. The molecule has 0 bridgehead atoms. The Bertz CT molecular complexity index is 1100. The molecular formula is C27H28N2O4. The van der Waals surface area contributed by atoms with Crippen LogP contribution < -0.4 is 19.7 Å². The van der Waals surface area contributed by atoms with Gasteiger partial charge in [-0.25, -0.2) is 0 Å². The maximum absolute atomic E-state index is 13.4. The summed E-state index contributed by atoms with van der Waals surface area (Å²) < 4.78 is 10.7. The molecule has 1 heterocycles. The van der Waals surface area contributed by atoms with E-state index < -0.39 is 6.04 Å². The monoisotopic (exact) mass is 444 g/mol. The van der Waals surface area contributed by atoms with Gasteiger partial charge in [0.05, 0.1) is 26.2 Å². The number of nitrogens with one attached hydrogen (secondary N) is 1. The van der Waals surface area contributed by atoms with Gasteiger partial charge in [0.15, 0.2) is 0 Å². The van der Waals surface area contributed by atoms with Crippen LogP contribution in [-0.2, 0) is 16.1 Å². The van der Waals surface area contributed by atoms with Crippen molar-refractivity contribution in [3.8, 4) is 11.5 Å². The van der Waals surface area contributed by atoms with Crippen molar-refractivity contribution >= 4 is 17.5 Å². The van der Waals surface area contributed by atoms with Crippen molar-refractivity contribution in [2.24, 2.45) is 5.92 Å². The highest BCUT2D eigenvalue weighted by Gasteiger charge is 2.41. The van der Waals surface area contributed by atoms with Crippen molar-refractivity contribution in [3.63, 3.8) is 0 Å². The van der Waals surface area contributed by atoms with E-state index in [-0.39, 0.29) is 17.7 Å². The Morgan fingerprint density at radius 2 is 1.64 bits per heavy atom. The lowest BCUT2D eigenvalue weighted by atomic mass is 9.83. The first-order valence-electron chi connectivity index (χ1n) is 11.0. The van der Waals surface area contributed by atoms with E-state index in [1.165, 1.54) is 0 Å². The minimum absolute atomic E-state index is 0.00259. The Kier molecular flexibility index (Phi) is 6.93. The van der Waals surface area contributed by atoms with Crippen LogP contribution in [0.25, 0.3) is 0 Å². The Balaban J connectivity index is 1.64. The van der Waals surface area contributed by atoms with Crippen LogP contribution in [0.5, 0.6) is 11.5 Å². The molecule has 3 aromatic rings. The third-order valence-corrected chi connectivity index (χ3v) is 6.07. The molecule has 6 heteroatoms. The molecule has 1 aliphatic rings. The van der Waals surface area contributed by atoms with Crippen molar-refractivity contribution in [2.45, 2.75) is 25.4 Å². The molecule has 6 nitrogen and oxygen atoms in total. The van der Waals surface area contributed by atoms with Gasteiger partial charge in [-0.2, -0.15) is 0 Å². The maximum atomic E-state index is 13.4. The van der Waals surface area contributed by atoms with Crippen LogP contribution in [0, 0.1) is 5.92 Å². The highest BCUT2D eigenvalue weighted by Crippen LogP contribution is 2.40. The highest BCUT2D eigenvalue weighted by molar-refractivity contribution is 5.97. The molecule has 0 saturated carbocycles. The second kappa shape index (κ2) is 10.2. The predicted molar refractivity (Wildman–Crippen MR) is 127 cm³/mol. The number of benzene rings is 3. The van der Waals surface area contributed by atoms with Crippen LogP contribution >= 0.6 is 0 Å². The quantitative estimate of drug-likeness (QED) is 0.583. The molecule has 1 aliphatic heterocycles. The van der Waals surface area contributed by atoms with Gasteiger partial charge in [-0.15, -0.1) is 0 Å². The number of anilines is 1. The van der Waals surface area contributed by atoms with Gasteiger partial charge < -0.3 is 19.7 Å². The number of hydrogen-bond acceptors (Lipinski definition) is 4. The first-order valence-corrected chi connectivity index (χ1v) is 11.0. The van der Waals surface area contributed by atoms with E-state index in [0.29, 0.717) is 25.1 Å². The van der Waals surface area contributed by atoms with Gasteiger partial charge in [0.2, 0.25) is 11.8 Å². The Hall–Kier alpha value is -3.80. The molecule has 1 N–H and O–H groups in total. The summed E-state index contributed by atoms with van der Waals surface area (Å²) >= 11 is 0. The van der Waals surface area contributed by atoms with Crippen LogP contribution in [0.3, 0.4) is 0 Å². The van der Waals surface area contributed by atoms with Crippen LogP contribution in [-0.4, -0.2) is 26.0 Å². The number of methoxy groups -OCH3 is 2. The number of piperidine rings is 1. The summed E-state index contributed by atoms with van der Waals surface area (Å²) in [6.07, 6.45) is 0.797. The van der Waals surface area contributed by atoms with E-state index in [1.54, 1.807) is 19.1 Å². The van der Waals surface area contributed by atoms with Crippen LogP contribution in [0.1, 0.15) is 30.0 Å². The highest BCUT2D eigenvalue weighted by atomic mass is 16.5. The minimum atomic E-state index is -0.404. The first kappa shape index (κ1) is 22.4. The summed E-state index contributed by atoms with van der Waals surface area (Å²) in [6.45, 7) is 0.358. The zero-order chi connectivity index (χ0) is 23.2. The average Bonchev–Trinajstić information content (AvgIpc) is 2.87. The molecule has 4 rings (SSSR count). The molecule has 1 saturated heterocycles. The van der Waals surface area contributed by atoms with Gasteiger partial charge >= 0.3 is 0 Å². The maximum Gasteiger partial charge on any atom is 0.227 e. The molecule has 0 unspecified atom stereocenters.